The van der Waals surface area contributed by atoms with Gasteiger partial charge in [-0.3, -0.25) is 24.5 Å². The Labute approximate surface area is 217 Å². The van der Waals surface area contributed by atoms with Gasteiger partial charge in [0.15, 0.2) is 0 Å². The zero-order valence-corrected chi connectivity index (χ0v) is 20.5. The van der Waals surface area contributed by atoms with Crippen LogP contribution in [-0.2, 0) is 4.84 Å². The Morgan fingerprint density at radius 3 is 2.11 bits per heavy atom. The van der Waals surface area contributed by atoms with E-state index in [9.17, 15) is 19.7 Å². The zero-order valence-electron chi connectivity index (χ0n) is 20.5. The van der Waals surface area contributed by atoms with E-state index in [1.165, 1.54) is 6.07 Å². The lowest BCUT2D eigenvalue weighted by molar-refractivity contribution is -0.383. The van der Waals surface area contributed by atoms with Crippen LogP contribution in [0.2, 0.25) is 0 Å². The summed E-state index contributed by atoms with van der Waals surface area (Å²) in [5, 5.41) is 21.9. The number of non-ortho nitro benzene ring substituents is 1. The van der Waals surface area contributed by atoms with Gasteiger partial charge in [-0.2, -0.15) is 5.11 Å². The number of benzene rings is 4. The Hall–Kier alpha value is -4.96. The Kier molecular flexibility index (Phi) is 6.88. The molecule has 0 aromatic heterocycles. The van der Waals surface area contributed by atoms with Gasteiger partial charge in [-0.25, -0.2) is 0 Å². The number of hydrogen-bond acceptors (Lipinski definition) is 8. The summed E-state index contributed by atoms with van der Waals surface area (Å²) in [6.45, 7) is 3.28. The van der Waals surface area contributed by atoms with E-state index >= 15 is 0 Å². The molecule has 0 saturated heterocycles. The third-order valence-corrected chi connectivity index (χ3v) is 6.28. The minimum Gasteiger partial charge on any atom is -0.369 e. The highest BCUT2D eigenvalue weighted by atomic mass is 16.7. The highest BCUT2D eigenvalue weighted by Gasteiger charge is 2.36. The monoisotopic (exact) mass is 509 g/mol. The number of nitrogens with zero attached hydrogens (tertiary/aromatic N) is 5. The molecule has 0 aliphatic carbocycles. The third-order valence-electron chi connectivity index (χ3n) is 6.28. The van der Waals surface area contributed by atoms with Gasteiger partial charge in [-0.1, -0.05) is 30.3 Å². The normalized spacial score (nSPS) is 12.9. The summed E-state index contributed by atoms with van der Waals surface area (Å²) in [5.41, 5.74) is 2.78. The van der Waals surface area contributed by atoms with Crippen molar-refractivity contribution < 1.29 is 19.3 Å². The van der Waals surface area contributed by atoms with Gasteiger partial charge in [0.1, 0.15) is 0 Å². The molecular weight excluding hydrogens is 486 g/mol. The molecule has 0 bridgehead atoms. The van der Waals surface area contributed by atoms with Crippen molar-refractivity contribution >= 4 is 45.3 Å². The minimum atomic E-state index is -0.454. The maximum Gasteiger partial charge on any atom is 0.285 e. The smallest absolute Gasteiger partial charge is 0.285 e. The summed E-state index contributed by atoms with van der Waals surface area (Å²) in [6.07, 6.45) is 0. The van der Waals surface area contributed by atoms with Crippen LogP contribution >= 0.6 is 0 Å². The second-order valence-electron chi connectivity index (χ2n) is 8.49. The first-order valence-electron chi connectivity index (χ1n) is 12.0. The van der Waals surface area contributed by atoms with Gasteiger partial charge in [0.2, 0.25) is 0 Å². The number of hydroxylamine groups is 2. The van der Waals surface area contributed by atoms with E-state index in [2.05, 4.69) is 10.2 Å². The maximum atomic E-state index is 12.5. The van der Waals surface area contributed by atoms with Gasteiger partial charge in [-0.15, -0.1) is 10.2 Å². The predicted octanol–water partition coefficient (Wildman–Crippen LogP) is 6.22. The van der Waals surface area contributed by atoms with Crippen LogP contribution in [0.5, 0.6) is 0 Å². The first-order chi connectivity index (χ1) is 18.5. The lowest BCUT2D eigenvalue weighted by Gasteiger charge is -2.24. The van der Waals surface area contributed by atoms with Crippen LogP contribution in [0.1, 0.15) is 27.6 Å². The third kappa shape index (κ3) is 4.72. The lowest BCUT2D eigenvalue weighted by Crippen LogP contribution is -2.34. The summed E-state index contributed by atoms with van der Waals surface area (Å²) < 4.78 is 0. The number of fused-ring (bicyclic) bond motifs is 2. The van der Waals surface area contributed by atoms with Crippen molar-refractivity contribution in [3.8, 4) is 0 Å². The predicted molar refractivity (Wildman–Crippen MR) is 142 cm³/mol. The number of anilines is 1. The second kappa shape index (κ2) is 10.6. The number of likely N-dealkylation sites (N-methyl/N-ethyl adjacent to an activating group) is 1. The number of amides is 2. The van der Waals surface area contributed by atoms with Gasteiger partial charge in [0, 0.05) is 30.2 Å². The average Bonchev–Trinajstić information content (AvgIpc) is 3.19. The summed E-state index contributed by atoms with van der Waals surface area (Å²) in [6, 6.07) is 24.1. The molecule has 0 saturated carbocycles. The largest absolute Gasteiger partial charge is 0.369 e. The number of nitro benzene ring substituents is 1. The second-order valence-corrected chi connectivity index (χ2v) is 8.49. The standard InChI is InChI=1S/C28H23N5O5/c1-2-31(17-18-38-32-27(34)23-9-5-6-10-24(23)28(32)35)20-13-11-19(12-14-20)29-30-25-15-16-26(33(36)37)22-8-4-3-7-21(22)25/h3-16H,2,17-18H2,1H3. The Bertz CT molecular complexity index is 1530. The average molecular weight is 510 g/mol. The van der Waals surface area contributed by atoms with Crippen molar-refractivity contribution in [1.82, 2.24) is 5.06 Å². The molecule has 0 fully saturated rings. The molecule has 10 nitrogen and oxygen atoms in total. The molecule has 4 aromatic carbocycles. The van der Waals surface area contributed by atoms with Gasteiger partial charge < -0.3 is 4.90 Å². The van der Waals surface area contributed by atoms with Crippen molar-refractivity contribution in [2.45, 2.75) is 6.92 Å². The molecule has 2 amide bonds. The van der Waals surface area contributed by atoms with Crippen LogP contribution < -0.4 is 4.90 Å². The molecule has 5 rings (SSSR count). The molecule has 0 atom stereocenters. The highest BCUT2D eigenvalue weighted by molar-refractivity contribution is 6.20. The van der Waals surface area contributed by atoms with Gasteiger partial charge >= 0.3 is 0 Å². The number of azo groups is 1. The van der Waals surface area contributed by atoms with Crippen LogP contribution in [0, 0.1) is 10.1 Å². The van der Waals surface area contributed by atoms with E-state index < -0.39 is 16.7 Å². The van der Waals surface area contributed by atoms with Crippen molar-refractivity contribution in [3.63, 3.8) is 0 Å². The number of carbonyl (C=O) groups is 2. The SMILES string of the molecule is CCN(CCON1C(=O)c2ccccc2C1=O)c1ccc(N=Nc2ccc([N+](=O)[O-])c3ccccc23)cc1. The quantitative estimate of drug-likeness (QED) is 0.114. The summed E-state index contributed by atoms with van der Waals surface area (Å²) >= 11 is 0. The fraction of sp³-hybridized carbons (Fsp3) is 0.143. The van der Waals surface area contributed by atoms with Crippen LogP contribution in [0.3, 0.4) is 0 Å². The van der Waals surface area contributed by atoms with E-state index in [1.54, 1.807) is 54.6 Å². The number of imide groups is 1. The van der Waals surface area contributed by atoms with E-state index in [0.717, 1.165) is 10.8 Å². The number of hydrogen-bond donors (Lipinski definition) is 0. The lowest BCUT2D eigenvalue weighted by atomic mass is 10.1. The Morgan fingerprint density at radius 2 is 1.47 bits per heavy atom. The molecule has 1 aliphatic heterocycles. The Balaban J connectivity index is 1.23. The molecule has 0 radical (unpaired) electrons. The van der Waals surface area contributed by atoms with Gasteiger partial charge in [-0.05, 0) is 55.5 Å². The molecule has 190 valence electrons. The van der Waals surface area contributed by atoms with Crippen molar-refractivity contribution in [2.24, 2.45) is 10.2 Å². The number of nitro groups is 1. The fourth-order valence-electron chi connectivity index (χ4n) is 4.35. The summed E-state index contributed by atoms with van der Waals surface area (Å²) in [7, 11) is 0. The zero-order chi connectivity index (χ0) is 26.6. The van der Waals surface area contributed by atoms with E-state index in [-0.39, 0.29) is 12.3 Å². The summed E-state index contributed by atoms with van der Waals surface area (Å²) in [4.78, 5) is 43.4. The van der Waals surface area contributed by atoms with Gasteiger partial charge in [0.25, 0.3) is 17.5 Å². The molecule has 1 aliphatic rings. The van der Waals surface area contributed by atoms with Gasteiger partial charge in [0.05, 0.1) is 39.4 Å². The van der Waals surface area contributed by atoms with Crippen LogP contribution in [0.25, 0.3) is 10.8 Å². The van der Waals surface area contributed by atoms with E-state index in [4.69, 9.17) is 4.84 Å². The topological polar surface area (TPSA) is 118 Å². The van der Waals surface area contributed by atoms with Crippen molar-refractivity contribution in [3.05, 3.63) is 106 Å². The van der Waals surface area contributed by atoms with Crippen LogP contribution in [-0.4, -0.2) is 41.5 Å². The first-order valence-corrected chi connectivity index (χ1v) is 12.0. The molecule has 0 N–H and O–H groups in total. The van der Waals surface area contributed by atoms with Crippen LogP contribution in [0.15, 0.2) is 95.2 Å². The summed E-state index contributed by atoms with van der Waals surface area (Å²) in [5.74, 6) is -0.909. The van der Waals surface area contributed by atoms with Crippen molar-refractivity contribution in [2.75, 3.05) is 24.6 Å². The van der Waals surface area contributed by atoms with Crippen LogP contribution in [0.4, 0.5) is 22.7 Å². The molecule has 0 unspecified atom stereocenters. The highest BCUT2D eigenvalue weighted by Crippen LogP contribution is 2.34. The molecular formula is C28H23N5O5. The Morgan fingerprint density at radius 1 is 0.842 bits per heavy atom. The first kappa shape index (κ1) is 24.7. The fourth-order valence-corrected chi connectivity index (χ4v) is 4.35. The minimum absolute atomic E-state index is 0.0236. The molecule has 10 heteroatoms. The molecule has 38 heavy (non-hydrogen) atoms. The molecule has 0 spiro atoms. The van der Waals surface area contributed by atoms with Crippen molar-refractivity contribution in [1.29, 1.82) is 0 Å². The maximum absolute atomic E-state index is 12.5. The number of carbonyl (C=O) groups excluding carboxylic acids is 2. The molecule has 1 heterocycles. The molecule has 4 aromatic rings. The number of rotatable bonds is 9. The van der Waals surface area contributed by atoms with E-state index in [1.807, 2.05) is 36.1 Å². The van der Waals surface area contributed by atoms with E-state index in [0.29, 0.717) is 46.4 Å².